The van der Waals surface area contributed by atoms with Crippen molar-refractivity contribution in [1.82, 2.24) is 4.98 Å². The first kappa shape index (κ1) is 17.7. The summed E-state index contributed by atoms with van der Waals surface area (Å²) in [4.78, 5) is 4.38. The fourth-order valence-electron chi connectivity index (χ4n) is 7.34. The van der Waals surface area contributed by atoms with Crippen LogP contribution in [0.2, 0.25) is 0 Å². The minimum Gasteiger partial charge on any atom is -0.390 e. The third kappa shape index (κ3) is 2.52. The number of fused-ring (bicyclic) bond motifs is 5. The van der Waals surface area contributed by atoms with Crippen molar-refractivity contribution in [3.8, 4) is 0 Å². The first-order valence-corrected chi connectivity index (χ1v) is 10.9. The van der Waals surface area contributed by atoms with Crippen molar-refractivity contribution < 1.29 is 5.11 Å². The number of hydrogen-bond donors (Lipinski definition) is 1. The van der Waals surface area contributed by atoms with Gasteiger partial charge < -0.3 is 5.11 Å². The molecule has 1 N–H and O–H groups in total. The quantitative estimate of drug-likeness (QED) is 0.641. The Morgan fingerprint density at radius 2 is 1.85 bits per heavy atom. The third-order valence-electron chi connectivity index (χ3n) is 8.93. The van der Waals surface area contributed by atoms with Gasteiger partial charge in [-0.3, -0.25) is 4.98 Å². The normalized spacial score (nSPS) is 46.0. The second kappa shape index (κ2) is 5.80. The molecule has 2 saturated carbocycles. The summed E-state index contributed by atoms with van der Waals surface area (Å²) in [5.41, 5.74) is 4.54. The summed E-state index contributed by atoms with van der Waals surface area (Å²) in [6.07, 6.45) is 17.0. The highest BCUT2D eigenvalue weighted by atomic mass is 16.3. The van der Waals surface area contributed by atoms with E-state index < -0.39 is 5.60 Å². The van der Waals surface area contributed by atoms with E-state index >= 15 is 0 Å². The zero-order valence-corrected chi connectivity index (χ0v) is 17.0. The lowest BCUT2D eigenvalue weighted by Crippen LogP contribution is -2.51. The average Bonchev–Trinajstić information content (AvgIpc) is 3.00. The van der Waals surface area contributed by atoms with E-state index in [-0.39, 0.29) is 0 Å². The summed E-state index contributed by atoms with van der Waals surface area (Å²) >= 11 is 0. The largest absolute Gasteiger partial charge is 0.390 e. The molecule has 0 bridgehead atoms. The van der Waals surface area contributed by atoms with Crippen LogP contribution in [0.3, 0.4) is 0 Å². The second-order valence-electron chi connectivity index (χ2n) is 10.5. The molecule has 6 atom stereocenters. The highest BCUT2D eigenvalue weighted by molar-refractivity contribution is 5.72. The molecular weight excluding hydrogens is 330 g/mol. The van der Waals surface area contributed by atoms with E-state index in [9.17, 15) is 5.11 Å². The highest BCUT2D eigenvalue weighted by Gasteiger charge is 2.57. The molecule has 4 aliphatic carbocycles. The van der Waals surface area contributed by atoms with E-state index in [0.717, 1.165) is 37.0 Å². The molecule has 1 aromatic rings. The van der Waals surface area contributed by atoms with Gasteiger partial charge >= 0.3 is 0 Å². The zero-order chi connectivity index (χ0) is 18.9. The minimum absolute atomic E-state index is 0.298. The predicted molar refractivity (Wildman–Crippen MR) is 110 cm³/mol. The SMILES string of the molecule is C[C@@]1(O)CC[C@@]2(C)C(=CCC3C2CC[C@]2(C)C(c4cccnc4)=CCC32)C1. The van der Waals surface area contributed by atoms with E-state index in [1.54, 1.807) is 11.1 Å². The van der Waals surface area contributed by atoms with E-state index in [1.807, 2.05) is 13.1 Å². The molecule has 0 aromatic carbocycles. The molecule has 3 unspecified atom stereocenters. The van der Waals surface area contributed by atoms with E-state index in [0.29, 0.717) is 10.8 Å². The molecule has 1 heterocycles. The predicted octanol–water partition coefficient (Wildman–Crippen LogP) is 5.79. The van der Waals surface area contributed by atoms with Crippen LogP contribution >= 0.6 is 0 Å². The van der Waals surface area contributed by atoms with Crippen LogP contribution in [0.1, 0.15) is 71.3 Å². The molecule has 2 fully saturated rings. The van der Waals surface area contributed by atoms with Gasteiger partial charge in [-0.15, -0.1) is 0 Å². The minimum atomic E-state index is -0.496. The Morgan fingerprint density at radius 3 is 2.63 bits per heavy atom. The molecule has 2 heteroatoms. The van der Waals surface area contributed by atoms with Gasteiger partial charge in [-0.25, -0.2) is 0 Å². The van der Waals surface area contributed by atoms with Crippen molar-refractivity contribution in [3.63, 3.8) is 0 Å². The monoisotopic (exact) mass is 363 g/mol. The van der Waals surface area contributed by atoms with Gasteiger partial charge in [0.05, 0.1) is 5.60 Å². The lowest BCUT2D eigenvalue weighted by Gasteiger charge is -2.58. The number of pyridine rings is 1. The van der Waals surface area contributed by atoms with Crippen molar-refractivity contribution in [1.29, 1.82) is 0 Å². The first-order chi connectivity index (χ1) is 12.8. The Balaban J connectivity index is 1.47. The van der Waals surface area contributed by atoms with Gasteiger partial charge in [-0.2, -0.15) is 0 Å². The molecule has 0 aliphatic heterocycles. The third-order valence-corrected chi connectivity index (χ3v) is 8.93. The number of rotatable bonds is 1. The van der Waals surface area contributed by atoms with Gasteiger partial charge in [0.25, 0.3) is 0 Å². The van der Waals surface area contributed by atoms with Gasteiger partial charge in [0.2, 0.25) is 0 Å². The van der Waals surface area contributed by atoms with E-state index in [1.165, 1.54) is 31.2 Å². The lowest BCUT2D eigenvalue weighted by molar-refractivity contribution is -0.0486. The Morgan fingerprint density at radius 1 is 1.00 bits per heavy atom. The maximum Gasteiger partial charge on any atom is 0.0657 e. The van der Waals surface area contributed by atoms with Crippen LogP contribution in [0.5, 0.6) is 0 Å². The lowest BCUT2D eigenvalue weighted by atomic mass is 9.46. The molecule has 0 spiro atoms. The maximum atomic E-state index is 10.6. The first-order valence-electron chi connectivity index (χ1n) is 10.9. The Bertz CT molecular complexity index is 807. The van der Waals surface area contributed by atoms with Crippen LogP contribution < -0.4 is 0 Å². The van der Waals surface area contributed by atoms with Crippen molar-refractivity contribution >= 4 is 5.57 Å². The van der Waals surface area contributed by atoms with E-state index in [2.05, 4.69) is 49.3 Å². The van der Waals surface area contributed by atoms with Crippen LogP contribution in [-0.2, 0) is 0 Å². The highest BCUT2D eigenvalue weighted by Crippen LogP contribution is 2.66. The molecular formula is C25H33NO. The zero-order valence-electron chi connectivity index (χ0n) is 17.0. The van der Waals surface area contributed by atoms with Crippen molar-refractivity contribution in [3.05, 3.63) is 47.8 Å². The summed E-state index contributed by atoms with van der Waals surface area (Å²) in [5, 5.41) is 10.6. The number of allylic oxidation sites excluding steroid dienone is 3. The fourth-order valence-corrected chi connectivity index (χ4v) is 7.34. The maximum absolute atomic E-state index is 10.6. The molecule has 0 saturated heterocycles. The molecule has 2 nitrogen and oxygen atoms in total. The van der Waals surface area contributed by atoms with Gasteiger partial charge in [-0.1, -0.05) is 37.6 Å². The van der Waals surface area contributed by atoms with Gasteiger partial charge in [0, 0.05) is 12.4 Å². The molecule has 1 aromatic heterocycles. The van der Waals surface area contributed by atoms with Crippen molar-refractivity contribution in [2.45, 2.75) is 71.3 Å². The summed E-state index contributed by atoms with van der Waals surface area (Å²) in [6.45, 7) is 7.06. The summed E-state index contributed by atoms with van der Waals surface area (Å²) in [6, 6.07) is 4.31. The van der Waals surface area contributed by atoms with Crippen LogP contribution in [0.15, 0.2) is 42.3 Å². The molecule has 144 valence electrons. The Labute approximate surface area is 163 Å². The number of nitrogens with zero attached hydrogens (tertiary/aromatic N) is 1. The smallest absolute Gasteiger partial charge is 0.0657 e. The average molecular weight is 364 g/mol. The number of aromatic nitrogens is 1. The molecule has 27 heavy (non-hydrogen) atoms. The Kier molecular flexibility index (Phi) is 3.79. The van der Waals surface area contributed by atoms with Gasteiger partial charge in [-0.05, 0) is 97.7 Å². The Hall–Kier alpha value is -1.41. The van der Waals surface area contributed by atoms with Gasteiger partial charge in [0.1, 0.15) is 0 Å². The summed E-state index contributed by atoms with van der Waals surface area (Å²) in [7, 11) is 0. The van der Waals surface area contributed by atoms with Gasteiger partial charge in [0.15, 0.2) is 0 Å². The van der Waals surface area contributed by atoms with Crippen LogP contribution in [0.4, 0.5) is 0 Å². The topological polar surface area (TPSA) is 33.1 Å². The van der Waals surface area contributed by atoms with Crippen LogP contribution in [0.25, 0.3) is 5.57 Å². The second-order valence-corrected chi connectivity index (χ2v) is 10.5. The van der Waals surface area contributed by atoms with Crippen LogP contribution in [0, 0.1) is 28.6 Å². The summed E-state index contributed by atoms with van der Waals surface area (Å²) < 4.78 is 0. The molecule has 0 radical (unpaired) electrons. The molecule has 4 aliphatic rings. The number of aliphatic hydroxyl groups is 1. The summed E-state index contributed by atoms with van der Waals surface area (Å²) in [5.74, 6) is 2.32. The van der Waals surface area contributed by atoms with Crippen molar-refractivity contribution in [2.75, 3.05) is 0 Å². The van der Waals surface area contributed by atoms with Crippen LogP contribution in [-0.4, -0.2) is 15.7 Å². The number of hydrogen-bond acceptors (Lipinski definition) is 2. The molecule has 5 rings (SSSR count). The molecule has 0 amide bonds. The van der Waals surface area contributed by atoms with Crippen molar-refractivity contribution in [2.24, 2.45) is 28.6 Å². The standard InChI is InChI=1S/C25H33NO/c1-23(27)12-13-24(2)18(15-23)6-7-19-21-9-8-20(17-5-4-14-26-16-17)25(21,3)11-10-22(19)24/h4-6,8,14,16,19,21-22,27H,7,9-13,15H2,1-3H3/t19?,21?,22?,23-,24+,25-/m1/s1. The fraction of sp³-hybridized carbons (Fsp3) is 0.640. The van der Waals surface area contributed by atoms with E-state index in [4.69, 9.17) is 0 Å².